The smallest absolute Gasteiger partial charge is 0.123 e. The molecule has 0 spiro atoms. The van der Waals surface area contributed by atoms with Crippen molar-refractivity contribution in [2.45, 2.75) is 25.8 Å². The predicted molar refractivity (Wildman–Crippen MR) is 72.5 cm³/mol. The Morgan fingerprint density at radius 2 is 1.94 bits per heavy atom. The molecule has 96 valence electrons. The number of hydrogen-bond donors (Lipinski definition) is 1. The first-order valence-electron chi connectivity index (χ1n) is 5.93. The molecular weight excluding hydrogens is 212 g/mol. The second-order valence-electron chi connectivity index (χ2n) is 5.35. The van der Waals surface area contributed by atoms with E-state index >= 15 is 0 Å². The SMILES string of the molecule is COc1ccc(C(C)(C)CN)cc1CN(C)C. The molecule has 0 amide bonds. The maximum atomic E-state index is 5.82. The molecule has 0 fully saturated rings. The van der Waals surface area contributed by atoms with E-state index in [1.807, 2.05) is 6.07 Å². The third-order valence-electron chi connectivity index (χ3n) is 3.06. The molecule has 0 radical (unpaired) electrons. The number of hydrogen-bond acceptors (Lipinski definition) is 3. The molecule has 0 saturated carbocycles. The number of nitrogens with two attached hydrogens (primary N) is 1. The fourth-order valence-electron chi connectivity index (χ4n) is 1.78. The maximum absolute atomic E-state index is 5.82. The van der Waals surface area contributed by atoms with E-state index in [0.717, 1.165) is 12.3 Å². The van der Waals surface area contributed by atoms with E-state index in [9.17, 15) is 0 Å². The Balaban J connectivity index is 3.12. The maximum Gasteiger partial charge on any atom is 0.123 e. The van der Waals surface area contributed by atoms with Crippen molar-refractivity contribution in [3.8, 4) is 5.75 Å². The first-order valence-corrected chi connectivity index (χ1v) is 5.93. The van der Waals surface area contributed by atoms with Crippen molar-refractivity contribution in [2.24, 2.45) is 5.73 Å². The first kappa shape index (κ1) is 14.0. The molecule has 0 aliphatic carbocycles. The summed E-state index contributed by atoms with van der Waals surface area (Å²) < 4.78 is 5.39. The van der Waals surface area contributed by atoms with Gasteiger partial charge >= 0.3 is 0 Å². The largest absolute Gasteiger partial charge is 0.496 e. The number of rotatable bonds is 5. The highest BCUT2D eigenvalue weighted by molar-refractivity contribution is 5.40. The first-order chi connectivity index (χ1) is 7.90. The Morgan fingerprint density at radius 3 is 2.41 bits per heavy atom. The Labute approximate surface area is 105 Å². The number of ether oxygens (including phenoxy) is 1. The van der Waals surface area contributed by atoms with Gasteiger partial charge < -0.3 is 15.4 Å². The Bertz CT molecular complexity index is 372. The van der Waals surface area contributed by atoms with Crippen LogP contribution in [0.25, 0.3) is 0 Å². The fourth-order valence-corrected chi connectivity index (χ4v) is 1.78. The van der Waals surface area contributed by atoms with Crippen molar-refractivity contribution in [1.82, 2.24) is 4.90 Å². The lowest BCUT2D eigenvalue weighted by Gasteiger charge is -2.25. The van der Waals surface area contributed by atoms with E-state index in [1.54, 1.807) is 7.11 Å². The molecule has 0 aliphatic rings. The van der Waals surface area contributed by atoms with E-state index in [1.165, 1.54) is 11.1 Å². The summed E-state index contributed by atoms with van der Waals surface area (Å²) >= 11 is 0. The lowest BCUT2D eigenvalue weighted by molar-refractivity contribution is 0.371. The van der Waals surface area contributed by atoms with Crippen molar-refractivity contribution in [1.29, 1.82) is 0 Å². The molecule has 17 heavy (non-hydrogen) atoms. The van der Waals surface area contributed by atoms with Crippen molar-refractivity contribution >= 4 is 0 Å². The van der Waals surface area contributed by atoms with E-state index in [2.05, 4.69) is 45.0 Å². The molecule has 0 heterocycles. The summed E-state index contributed by atoms with van der Waals surface area (Å²) in [6.07, 6.45) is 0. The Morgan fingerprint density at radius 1 is 1.29 bits per heavy atom. The lowest BCUT2D eigenvalue weighted by Crippen LogP contribution is -2.28. The van der Waals surface area contributed by atoms with Gasteiger partial charge in [-0.05, 0) is 25.7 Å². The molecule has 2 N–H and O–H groups in total. The summed E-state index contributed by atoms with van der Waals surface area (Å²) in [6.45, 7) is 5.83. The minimum Gasteiger partial charge on any atom is -0.496 e. The summed E-state index contributed by atoms with van der Waals surface area (Å²) in [5, 5.41) is 0. The van der Waals surface area contributed by atoms with Gasteiger partial charge in [0.05, 0.1) is 7.11 Å². The van der Waals surface area contributed by atoms with Crippen molar-refractivity contribution in [3.05, 3.63) is 29.3 Å². The average molecular weight is 236 g/mol. The number of nitrogens with zero attached hydrogens (tertiary/aromatic N) is 1. The van der Waals surface area contributed by atoms with Crippen LogP contribution in [0.4, 0.5) is 0 Å². The quantitative estimate of drug-likeness (QED) is 0.849. The van der Waals surface area contributed by atoms with Crippen LogP contribution in [-0.2, 0) is 12.0 Å². The summed E-state index contributed by atoms with van der Waals surface area (Å²) in [7, 11) is 5.82. The van der Waals surface area contributed by atoms with Crippen molar-refractivity contribution in [3.63, 3.8) is 0 Å². The topological polar surface area (TPSA) is 38.5 Å². The zero-order chi connectivity index (χ0) is 13.1. The van der Waals surface area contributed by atoms with Crippen LogP contribution in [0.1, 0.15) is 25.0 Å². The minimum atomic E-state index is 0.00728. The van der Waals surface area contributed by atoms with E-state index < -0.39 is 0 Å². The molecule has 0 bridgehead atoms. The third kappa shape index (κ3) is 3.45. The van der Waals surface area contributed by atoms with Gasteiger partial charge in [0.2, 0.25) is 0 Å². The van der Waals surface area contributed by atoms with Crippen LogP contribution in [0.2, 0.25) is 0 Å². The fraction of sp³-hybridized carbons (Fsp3) is 0.571. The van der Waals surface area contributed by atoms with Gasteiger partial charge in [0.25, 0.3) is 0 Å². The molecule has 0 unspecified atom stereocenters. The van der Waals surface area contributed by atoms with Gasteiger partial charge in [0.15, 0.2) is 0 Å². The van der Waals surface area contributed by atoms with E-state index in [4.69, 9.17) is 10.5 Å². The zero-order valence-corrected chi connectivity index (χ0v) is 11.6. The predicted octanol–water partition coefficient (Wildman–Crippen LogP) is 1.99. The Hall–Kier alpha value is -1.06. The van der Waals surface area contributed by atoms with Crippen LogP contribution < -0.4 is 10.5 Å². The molecule has 0 aromatic heterocycles. The average Bonchev–Trinajstić information content (AvgIpc) is 2.28. The monoisotopic (exact) mass is 236 g/mol. The molecule has 0 atom stereocenters. The summed E-state index contributed by atoms with van der Waals surface area (Å²) in [4.78, 5) is 2.14. The number of benzene rings is 1. The molecule has 1 rings (SSSR count). The van der Waals surface area contributed by atoms with Gasteiger partial charge in [0.1, 0.15) is 5.75 Å². The molecule has 3 heteroatoms. The Kier molecular flexibility index (Phi) is 4.54. The molecule has 0 saturated heterocycles. The second-order valence-corrected chi connectivity index (χ2v) is 5.35. The van der Waals surface area contributed by atoms with Gasteiger partial charge in [-0.25, -0.2) is 0 Å². The summed E-state index contributed by atoms with van der Waals surface area (Å²) in [5.41, 5.74) is 8.29. The normalized spacial score (nSPS) is 11.9. The molecule has 1 aromatic carbocycles. The van der Waals surface area contributed by atoms with Crippen molar-refractivity contribution < 1.29 is 4.74 Å². The van der Waals surface area contributed by atoms with E-state index in [0.29, 0.717) is 6.54 Å². The van der Waals surface area contributed by atoms with Crippen molar-refractivity contribution in [2.75, 3.05) is 27.7 Å². The van der Waals surface area contributed by atoms with Gasteiger partial charge in [-0.2, -0.15) is 0 Å². The lowest BCUT2D eigenvalue weighted by atomic mass is 9.84. The minimum absolute atomic E-state index is 0.00728. The highest BCUT2D eigenvalue weighted by atomic mass is 16.5. The van der Waals surface area contributed by atoms with Crippen LogP contribution in [0.5, 0.6) is 5.75 Å². The van der Waals surface area contributed by atoms with Gasteiger partial charge in [-0.1, -0.05) is 26.0 Å². The second kappa shape index (κ2) is 5.52. The summed E-state index contributed by atoms with van der Waals surface area (Å²) in [6, 6.07) is 6.34. The van der Waals surface area contributed by atoms with Crippen LogP contribution in [0, 0.1) is 0 Å². The zero-order valence-electron chi connectivity index (χ0n) is 11.6. The number of methoxy groups -OCH3 is 1. The van der Waals surface area contributed by atoms with E-state index in [-0.39, 0.29) is 5.41 Å². The third-order valence-corrected chi connectivity index (χ3v) is 3.06. The highest BCUT2D eigenvalue weighted by Gasteiger charge is 2.19. The molecular formula is C14H24N2O. The van der Waals surface area contributed by atoms with Gasteiger partial charge in [-0.3, -0.25) is 0 Å². The molecule has 3 nitrogen and oxygen atoms in total. The molecule has 0 aliphatic heterocycles. The van der Waals surface area contributed by atoms with Crippen LogP contribution in [-0.4, -0.2) is 32.6 Å². The van der Waals surface area contributed by atoms with Crippen LogP contribution in [0.15, 0.2) is 18.2 Å². The standard InChI is InChI=1S/C14H24N2O/c1-14(2,10-15)12-6-7-13(17-5)11(8-12)9-16(3)4/h6-8H,9-10,15H2,1-5H3. The molecule has 1 aromatic rings. The highest BCUT2D eigenvalue weighted by Crippen LogP contribution is 2.28. The van der Waals surface area contributed by atoms with Gasteiger partial charge in [-0.15, -0.1) is 0 Å². The van der Waals surface area contributed by atoms with Gasteiger partial charge in [0, 0.05) is 24.1 Å². The van der Waals surface area contributed by atoms with Crippen LogP contribution >= 0.6 is 0 Å². The van der Waals surface area contributed by atoms with Crippen LogP contribution in [0.3, 0.4) is 0 Å². The summed E-state index contributed by atoms with van der Waals surface area (Å²) in [5.74, 6) is 0.940.